The second-order valence-corrected chi connectivity index (χ2v) is 8.99. The zero-order valence-electron chi connectivity index (χ0n) is 14.6. The summed E-state index contributed by atoms with van der Waals surface area (Å²) in [6.45, 7) is 0.749. The van der Waals surface area contributed by atoms with Gasteiger partial charge in [-0.05, 0) is 49.2 Å². The molecule has 140 valence electrons. The molecule has 1 saturated heterocycles. The summed E-state index contributed by atoms with van der Waals surface area (Å²) in [6.07, 6.45) is 0.733. The topological polar surface area (TPSA) is 70.2 Å². The van der Waals surface area contributed by atoms with Crippen LogP contribution in [0.4, 0.5) is 4.39 Å². The number of benzene rings is 2. The van der Waals surface area contributed by atoms with E-state index in [0.29, 0.717) is 31.6 Å². The molecule has 0 bridgehead atoms. The Morgan fingerprint density at radius 3 is 2.37 bits per heavy atom. The summed E-state index contributed by atoms with van der Waals surface area (Å²) in [4.78, 5) is 17.7. The first-order chi connectivity index (χ1) is 12.9. The third-order valence-corrected chi connectivity index (χ3v) is 7.35. The van der Waals surface area contributed by atoms with Crippen LogP contribution in [0.15, 0.2) is 59.5 Å². The van der Waals surface area contributed by atoms with Crippen molar-refractivity contribution in [2.75, 3.05) is 13.1 Å². The highest BCUT2D eigenvalue weighted by atomic mass is 32.2. The molecular weight excluding hydrogens is 367 g/mol. The van der Waals surface area contributed by atoms with Crippen LogP contribution in [0.1, 0.15) is 23.3 Å². The SMILES string of the molecule is O=C(c1cc2ccccc2[nH]1)N1CCC(S(=O)(=O)c2ccc(F)cc2)CC1. The summed E-state index contributed by atoms with van der Waals surface area (Å²) in [5, 5.41) is 0.407. The Morgan fingerprint density at radius 2 is 1.70 bits per heavy atom. The Kier molecular flexibility index (Phi) is 4.47. The molecular formula is C20H19FN2O3S. The van der Waals surface area contributed by atoms with E-state index < -0.39 is 20.9 Å². The number of nitrogens with zero attached hydrogens (tertiary/aromatic N) is 1. The highest BCUT2D eigenvalue weighted by Gasteiger charge is 2.33. The molecule has 1 fully saturated rings. The number of hydrogen-bond acceptors (Lipinski definition) is 3. The molecule has 0 saturated carbocycles. The van der Waals surface area contributed by atoms with Crippen molar-refractivity contribution in [1.82, 2.24) is 9.88 Å². The molecule has 3 aromatic rings. The number of halogens is 1. The first-order valence-corrected chi connectivity index (χ1v) is 10.4. The largest absolute Gasteiger partial charge is 0.351 e. The predicted octanol–water partition coefficient (Wildman–Crippen LogP) is 3.39. The molecule has 27 heavy (non-hydrogen) atoms. The second-order valence-electron chi connectivity index (χ2n) is 6.76. The molecule has 7 heteroatoms. The zero-order chi connectivity index (χ0) is 19.0. The number of rotatable bonds is 3. The summed E-state index contributed by atoms with van der Waals surface area (Å²) >= 11 is 0. The van der Waals surface area contributed by atoms with Gasteiger partial charge in [0.1, 0.15) is 11.5 Å². The minimum absolute atomic E-state index is 0.121. The van der Waals surface area contributed by atoms with Gasteiger partial charge in [-0.25, -0.2) is 12.8 Å². The monoisotopic (exact) mass is 386 g/mol. The van der Waals surface area contributed by atoms with E-state index in [1.807, 2.05) is 30.3 Å². The van der Waals surface area contributed by atoms with E-state index >= 15 is 0 Å². The van der Waals surface area contributed by atoms with Crippen LogP contribution < -0.4 is 0 Å². The molecule has 5 nitrogen and oxygen atoms in total. The number of fused-ring (bicyclic) bond motifs is 1. The smallest absolute Gasteiger partial charge is 0.270 e. The lowest BCUT2D eigenvalue weighted by Crippen LogP contribution is -2.42. The van der Waals surface area contributed by atoms with E-state index in [1.54, 1.807) is 4.90 Å². The van der Waals surface area contributed by atoms with Crippen LogP contribution in [0.3, 0.4) is 0 Å². The second kappa shape index (κ2) is 6.81. The van der Waals surface area contributed by atoms with E-state index in [-0.39, 0.29) is 10.8 Å². The van der Waals surface area contributed by atoms with Gasteiger partial charge < -0.3 is 9.88 Å². The van der Waals surface area contributed by atoms with Crippen LogP contribution >= 0.6 is 0 Å². The molecule has 1 aromatic heterocycles. The van der Waals surface area contributed by atoms with Gasteiger partial charge in [0.2, 0.25) is 0 Å². The standard InChI is InChI=1S/C20H19FN2O3S/c21-15-5-7-16(8-6-15)27(25,26)17-9-11-23(12-10-17)20(24)19-13-14-3-1-2-4-18(14)22-19/h1-8,13,17,22H,9-12H2. The van der Waals surface area contributed by atoms with Gasteiger partial charge in [-0.3, -0.25) is 4.79 Å². The fourth-order valence-corrected chi connectivity index (χ4v) is 5.28. The first-order valence-electron chi connectivity index (χ1n) is 8.81. The van der Waals surface area contributed by atoms with Gasteiger partial charge in [0.25, 0.3) is 5.91 Å². The van der Waals surface area contributed by atoms with Crippen molar-refractivity contribution in [3.63, 3.8) is 0 Å². The summed E-state index contributed by atoms with van der Waals surface area (Å²) < 4.78 is 38.5. The Bertz CT molecular complexity index is 1050. The van der Waals surface area contributed by atoms with Crippen LogP contribution in [0, 0.1) is 5.82 Å². The lowest BCUT2D eigenvalue weighted by atomic mass is 10.1. The number of hydrogen-bond donors (Lipinski definition) is 1. The third kappa shape index (κ3) is 3.35. The van der Waals surface area contributed by atoms with Crippen molar-refractivity contribution >= 4 is 26.6 Å². The Morgan fingerprint density at radius 1 is 1.04 bits per heavy atom. The Balaban J connectivity index is 1.46. The van der Waals surface area contributed by atoms with Gasteiger partial charge >= 0.3 is 0 Å². The van der Waals surface area contributed by atoms with Crippen LogP contribution in [-0.2, 0) is 9.84 Å². The number of carbonyl (C=O) groups excluding carboxylic acids is 1. The van der Waals surface area contributed by atoms with Gasteiger partial charge in [-0.15, -0.1) is 0 Å². The van der Waals surface area contributed by atoms with Crippen LogP contribution in [0.25, 0.3) is 10.9 Å². The highest BCUT2D eigenvalue weighted by Crippen LogP contribution is 2.26. The molecule has 1 amide bonds. The van der Waals surface area contributed by atoms with E-state index in [0.717, 1.165) is 23.0 Å². The average molecular weight is 386 g/mol. The number of para-hydroxylation sites is 1. The number of likely N-dealkylation sites (tertiary alicyclic amines) is 1. The van der Waals surface area contributed by atoms with E-state index in [9.17, 15) is 17.6 Å². The highest BCUT2D eigenvalue weighted by molar-refractivity contribution is 7.92. The number of piperidine rings is 1. The van der Waals surface area contributed by atoms with E-state index in [2.05, 4.69) is 4.98 Å². The molecule has 1 N–H and O–H groups in total. The van der Waals surface area contributed by atoms with E-state index in [4.69, 9.17) is 0 Å². The van der Waals surface area contributed by atoms with Crippen molar-refractivity contribution in [2.24, 2.45) is 0 Å². The lowest BCUT2D eigenvalue weighted by molar-refractivity contribution is 0.0720. The molecule has 0 radical (unpaired) electrons. The maximum absolute atomic E-state index is 13.1. The first kappa shape index (κ1) is 17.7. The fraction of sp³-hybridized carbons (Fsp3) is 0.250. The maximum Gasteiger partial charge on any atom is 0.270 e. The number of amides is 1. The number of nitrogens with one attached hydrogen (secondary N) is 1. The maximum atomic E-state index is 13.1. The predicted molar refractivity (Wildman–Crippen MR) is 101 cm³/mol. The van der Waals surface area contributed by atoms with Gasteiger partial charge in [-0.2, -0.15) is 0 Å². The summed E-state index contributed by atoms with van der Waals surface area (Å²) in [5.41, 5.74) is 1.41. The Hall–Kier alpha value is -2.67. The number of carbonyl (C=O) groups is 1. The number of aromatic amines is 1. The zero-order valence-corrected chi connectivity index (χ0v) is 15.4. The third-order valence-electron chi connectivity index (χ3n) is 5.07. The van der Waals surface area contributed by atoms with Crippen molar-refractivity contribution in [2.45, 2.75) is 23.0 Å². The van der Waals surface area contributed by atoms with Crippen molar-refractivity contribution in [3.8, 4) is 0 Å². The molecule has 0 spiro atoms. The van der Waals surface area contributed by atoms with Gasteiger partial charge in [0.05, 0.1) is 10.1 Å². The average Bonchev–Trinajstić information content (AvgIpc) is 3.12. The summed E-state index contributed by atoms with van der Waals surface area (Å²) in [5.74, 6) is -0.587. The van der Waals surface area contributed by atoms with E-state index in [1.165, 1.54) is 12.1 Å². The lowest BCUT2D eigenvalue weighted by Gasteiger charge is -2.31. The molecule has 0 unspecified atom stereocenters. The quantitative estimate of drug-likeness (QED) is 0.702. The van der Waals surface area contributed by atoms with Gasteiger partial charge in [0, 0.05) is 24.0 Å². The molecule has 4 rings (SSSR count). The fourth-order valence-electron chi connectivity index (χ4n) is 3.54. The molecule has 2 heterocycles. The van der Waals surface area contributed by atoms with Gasteiger partial charge in [0.15, 0.2) is 9.84 Å². The molecule has 0 atom stereocenters. The summed E-state index contributed by atoms with van der Waals surface area (Å²) in [6, 6.07) is 14.4. The summed E-state index contributed by atoms with van der Waals surface area (Å²) in [7, 11) is -3.53. The molecule has 0 aliphatic carbocycles. The number of aromatic nitrogens is 1. The minimum atomic E-state index is -3.53. The number of H-pyrrole nitrogens is 1. The van der Waals surface area contributed by atoms with Gasteiger partial charge in [-0.1, -0.05) is 18.2 Å². The number of sulfone groups is 1. The Labute approximate surface area is 156 Å². The van der Waals surface area contributed by atoms with Crippen LogP contribution in [0.5, 0.6) is 0 Å². The molecule has 1 aliphatic rings. The molecule has 2 aromatic carbocycles. The molecule has 1 aliphatic heterocycles. The van der Waals surface area contributed by atoms with Crippen LogP contribution in [0.2, 0.25) is 0 Å². The van der Waals surface area contributed by atoms with Crippen molar-refractivity contribution in [1.29, 1.82) is 0 Å². The van der Waals surface area contributed by atoms with Crippen molar-refractivity contribution in [3.05, 3.63) is 66.1 Å². The van der Waals surface area contributed by atoms with Crippen LogP contribution in [-0.4, -0.2) is 42.5 Å². The van der Waals surface area contributed by atoms with Crippen molar-refractivity contribution < 1.29 is 17.6 Å². The minimum Gasteiger partial charge on any atom is -0.351 e. The normalized spacial score (nSPS) is 16.0.